The summed E-state index contributed by atoms with van der Waals surface area (Å²) >= 11 is 0. The maximum atomic E-state index is 12.7. The van der Waals surface area contributed by atoms with Gasteiger partial charge in [-0.25, -0.2) is 0 Å². The number of guanidine groups is 1. The summed E-state index contributed by atoms with van der Waals surface area (Å²) in [6, 6.07) is 4.21. The number of hydrogen-bond donors (Lipinski definition) is 2. The van der Waals surface area contributed by atoms with Gasteiger partial charge in [-0.2, -0.15) is 0 Å². The van der Waals surface area contributed by atoms with Crippen molar-refractivity contribution < 1.29 is 9.21 Å². The van der Waals surface area contributed by atoms with Gasteiger partial charge in [-0.05, 0) is 38.3 Å². The first kappa shape index (κ1) is 23.8. The summed E-state index contributed by atoms with van der Waals surface area (Å²) in [4.78, 5) is 19.3. The largest absolute Gasteiger partial charge is 0.469 e. The van der Waals surface area contributed by atoms with Crippen LogP contribution in [0.5, 0.6) is 0 Å². The van der Waals surface area contributed by atoms with E-state index in [4.69, 9.17) is 9.41 Å². The number of nitrogens with zero attached hydrogens (tertiary/aromatic N) is 2. The highest BCUT2D eigenvalue weighted by Gasteiger charge is 2.42. The van der Waals surface area contributed by atoms with Gasteiger partial charge >= 0.3 is 0 Å². The van der Waals surface area contributed by atoms with Crippen LogP contribution in [-0.2, 0) is 11.2 Å². The fraction of sp³-hybridized carbons (Fsp3) is 0.700. The van der Waals surface area contributed by atoms with Crippen LogP contribution >= 0.6 is 24.0 Å². The highest BCUT2D eigenvalue weighted by atomic mass is 127. The van der Waals surface area contributed by atoms with Gasteiger partial charge in [0.05, 0.1) is 18.2 Å². The van der Waals surface area contributed by atoms with Crippen LogP contribution in [0.25, 0.3) is 0 Å². The third-order valence-corrected chi connectivity index (χ3v) is 5.20. The molecule has 1 fully saturated rings. The zero-order valence-electron chi connectivity index (χ0n) is 17.1. The second-order valence-electron chi connectivity index (χ2n) is 7.56. The molecule has 1 aromatic heterocycles. The summed E-state index contributed by atoms with van der Waals surface area (Å²) in [5.74, 6) is 1.94. The number of halogens is 1. The smallest absolute Gasteiger partial charge is 0.230 e. The van der Waals surface area contributed by atoms with Gasteiger partial charge in [0.2, 0.25) is 5.91 Å². The highest BCUT2D eigenvalue weighted by molar-refractivity contribution is 14.0. The molecule has 0 aromatic carbocycles. The van der Waals surface area contributed by atoms with Crippen molar-refractivity contribution in [2.45, 2.75) is 58.4 Å². The van der Waals surface area contributed by atoms with Crippen molar-refractivity contribution in [2.24, 2.45) is 10.4 Å². The number of rotatable bonds is 8. The van der Waals surface area contributed by atoms with E-state index in [1.54, 1.807) is 11.2 Å². The first-order valence-electron chi connectivity index (χ1n) is 9.76. The van der Waals surface area contributed by atoms with Gasteiger partial charge in [0, 0.05) is 33.1 Å². The molecule has 1 amide bonds. The minimum absolute atomic E-state index is 0. The lowest BCUT2D eigenvalue weighted by atomic mass is 9.85. The minimum atomic E-state index is -0.339. The molecule has 1 aliphatic carbocycles. The van der Waals surface area contributed by atoms with Gasteiger partial charge < -0.3 is 20.0 Å². The van der Waals surface area contributed by atoms with E-state index in [-0.39, 0.29) is 35.3 Å². The van der Waals surface area contributed by atoms with Crippen LogP contribution < -0.4 is 10.6 Å². The average Bonchev–Trinajstić information content (AvgIpc) is 3.31. The zero-order chi connectivity index (χ0) is 19.0. The predicted molar refractivity (Wildman–Crippen MR) is 121 cm³/mol. The van der Waals surface area contributed by atoms with E-state index in [9.17, 15) is 4.79 Å². The van der Waals surface area contributed by atoms with Crippen LogP contribution in [0, 0.1) is 5.41 Å². The first-order valence-corrected chi connectivity index (χ1v) is 9.76. The van der Waals surface area contributed by atoms with Gasteiger partial charge in [-0.1, -0.05) is 19.8 Å². The third-order valence-electron chi connectivity index (χ3n) is 5.20. The van der Waals surface area contributed by atoms with Crippen molar-refractivity contribution in [3.8, 4) is 0 Å². The molecule has 1 heterocycles. The van der Waals surface area contributed by atoms with Crippen LogP contribution in [0.15, 0.2) is 27.8 Å². The van der Waals surface area contributed by atoms with E-state index >= 15 is 0 Å². The fourth-order valence-electron chi connectivity index (χ4n) is 3.44. The first-order chi connectivity index (χ1) is 12.5. The predicted octanol–water partition coefficient (Wildman–Crippen LogP) is 3.42. The standard InChI is InChI=1S/C20H34N4O2.HI/c1-5-16(2)23-19(21-13-10-17-9-8-14-26-17)22-15-20(11-6-7-12-20)18(25)24(3)4;/h8-9,14,16H,5-7,10-13,15H2,1-4H3,(H2,21,22,23);1H. The zero-order valence-corrected chi connectivity index (χ0v) is 19.4. The topological polar surface area (TPSA) is 69.9 Å². The molecule has 1 atom stereocenters. The highest BCUT2D eigenvalue weighted by Crippen LogP contribution is 2.39. The average molecular weight is 490 g/mol. The third kappa shape index (κ3) is 7.01. The Kier molecular flexibility index (Phi) is 10.2. The van der Waals surface area contributed by atoms with E-state index in [0.29, 0.717) is 12.6 Å². The maximum absolute atomic E-state index is 12.7. The quantitative estimate of drug-likeness (QED) is 0.333. The molecular formula is C20H35IN4O2. The summed E-state index contributed by atoms with van der Waals surface area (Å²) in [6.07, 6.45) is 7.58. The molecule has 6 nitrogen and oxygen atoms in total. The molecule has 154 valence electrons. The van der Waals surface area contributed by atoms with Crippen LogP contribution in [0.1, 0.15) is 51.7 Å². The van der Waals surface area contributed by atoms with Crippen molar-refractivity contribution in [1.82, 2.24) is 15.5 Å². The molecule has 1 saturated carbocycles. The van der Waals surface area contributed by atoms with Crippen LogP contribution in [0.3, 0.4) is 0 Å². The number of hydrogen-bond acceptors (Lipinski definition) is 3. The summed E-state index contributed by atoms with van der Waals surface area (Å²) in [5, 5.41) is 6.83. The van der Waals surface area contributed by atoms with Gasteiger partial charge in [0.1, 0.15) is 5.76 Å². The Hall–Kier alpha value is -1.25. The van der Waals surface area contributed by atoms with E-state index in [1.165, 1.54) is 0 Å². The Balaban J connectivity index is 0.00000364. The summed E-state index contributed by atoms with van der Waals surface area (Å²) in [6.45, 7) is 5.56. The number of nitrogens with one attached hydrogen (secondary N) is 2. The Morgan fingerprint density at radius 1 is 1.37 bits per heavy atom. The monoisotopic (exact) mass is 490 g/mol. The van der Waals surface area contributed by atoms with E-state index < -0.39 is 0 Å². The van der Waals surface area contributed by atoms with Crippen LogP contribution in [-0.4, -0.2) is 50.0 Å². The Labute approximate surface area is 180 Å². The van der Waals surface area contributed by atoms with E-state index in [2.05, 4.69) is 24.5 Å². The molecule has 0 bridgehead atoms. The number of amides is 1. The molecular weight excluding hydrogens is 455 g/mol. The molecule has 2 rings (SSSR count). The molecule has 0 spiro atoms. The Morgan fingerprint density at radius 2 is 2.07 bits per heavy atom. The number of carbonyl (C=O) groups excluding carboxylic acids is 1. The molecule has 1 aliphatic rings. The fourth-order valence-corrected chi connectivity index (χ4v) is 3.44. The van der Waals surface area contributed by atoms with E-state index in [0.717, 1.165) is 56.8 Å². The molecule has 7 heteroatoms. The van der Waals surface area contributed by atoms with Gasteiger partial charge in [-0.3, -0.25) is 9.79 Å². The second-order valence-corrected chi connectivity index (χ2v) is 7.56. The van der Waals surface area contributed by atoms with Gasteiger partial charge in [-0.15, -0.1) is 24.0 Å². The van der Waals surface area contributed by atoms with Gasteiger partial charge in [0.25, 0.3) is 0 Å². The van der Waals surface area contributed by atoms with Crippen LogP contribution in [0.4, 0.5) is 0 Å². The molecule has 0 radical (unpaired) electrons. The van der Waals surface area contributed by atoms with Crippen molar-refractivity contribution in [3.05, 3.63) is 24.2 Å². The number of furan rings is 1. The Morgan fingerprint density at radius 3 is 2.63 bits per heavy atom. The lowest BCUT2D eigenvalue weighted by Gasteiger charge is -2.29. The maximum Gasteiger partial charge on any atom is 0.230 e. The molecule has 1 aromatic rings. The van der Waals surface area contributed by atoms with Crippen molar-refractivity contribution in [1.29, 1.82) is 0 Å². The lowest BCUT2D eigenvalue weighted by molar-refractivity contribution is -0.138. The van der Waals surface area contributed by atoms with Crippen LogP contribution in [0.2, 0.25) is 0 Å². The molecule has 1 unspecified atom stereocenters. The lowest BCUT2D eigenvalue weighted by Crippen LogP contribution is -2.45. The van der Waals surface area contributed by atoms with Crippen molar-refractivity contribution in [3.63, 3.8) is 0 Å². The molecule has 0 saturated heterocycles. The SMILES string of the molecule is CCC(C)NC(=NCC1(C(=O)N(C)C)CCCC1)NCCc1ccco1.I. The van der Waals surface area contributed by atoms with E-state index in [1.807, 2.05) is 26.2 Å². The Bertz CT molecular complexity index is 581. The minimum Gasteiger partial charge on any atom is -0.469 e. The summed E-state index contributed by atoms with van der Waals surface area (Å²) in [7, 11) is 3.68. The van der Waals surface area contributed by atoms with Gasteiger partial charge in [0.15, 0.2) is 5.96 Å². The van der Waals surface area contributed by atoms with Crippen molar-refractivity contribution in [2.75, 3.05) is 27.2 Å². The number of carbonyl (C=O) groups is 1. The number of aliphatic imine (C=N–C) groups is 1. The molecule has 2 N–H and O–H groups in total. The summed E-state index contributed by atoms with van der Waals surface area (Å²) < 4.78 is 5.38. The normalized spacial score (nSPS) is 17.1. The second kappa shape index (κ2) is 11.6. The van der Waals surface area contributed by atoms with Crippen molar-refractivity contribution >= 4 is 35.8 Å². The molecule has 27 heavy (non-hydrogen) atoms. The summed E-state index contributed by atoms with van der Waals surface area (Å²) in [5.41, 5.74) is -0.339. The molecule has 0 aliphatic heterocycles.